The average Bonchev–Trinajstić information content (AvgIpc) is 2.31. The highest BCUT2D eigenvalue weighted by Gasteiger charge is 2.19. The lowest BCUT2D eigenvalue weighted by Gasteiger charge is -2.07. The summed E-state index contributed by atoms with van der Waals surface area (Å²) in [6.45, 7) is 3.79. The van der Waals surface area contributed by atoms with E-state index in [1.165, 1.54) is 0 Å². The molecule has 0 bridgehead atoms. The second-order valence-corrected chi connectivity index (χ2v) is 4.04. The number of rotatable bonds is 2. The summed E-state index contributed by atoms with van der Waals surface area (Å²) in [6.07, 6.45) is 1.14. The summed E-state index contributed by atoms with van der Waals surface area (Å²) in [7, 11) is 0. The molecule has 0 unspecified atom stereocenters. The van der Waals surface area contributed by atoms with Gasteiger partial charge in [-0.2, -0.15) is 0 Å². The van der Waals surface area contributed by atoms with Gasteiger partial charge in [0, 0.05) is 5.56 Å². The number of nitrogens with zero attached hydrogens (tertiary/aromatic N) is 3. The minimum Gasteiger partial charge on any atom is -0.368 e. The molecule has 0 atom stereocenters. The van der Waals surface area contributed by atoms with Gasteiger partial charge in [0.25, 0.3) is 0 Å². The first-order chi connectivity index (χ1) is 8.49. The van der Waals surface area contributed by atoms with Gasteiger partial charge in [-0.3, -0.25) is 10.1 Å². The summed E-state index contributed by atoms with van der Waals surface area (Å²) in [5.74, 6) is 0.0245. The van der Waals surface area contributed by atoms with Gasteiger partial charge in [-0.15, -0.1) is 0 Å². The largest absolute Gasteiger partial charge is 0.368 e. The average molecular weight is 244 g/mol. The normalized spacial score (nSPS) is 10.3. The number of nitro groups is 1. The third-order valence-electron chi connectivity index (χ3n) is 2.63. The Labute approximate surface area is 104 Å². The minimum atomic E-state index is -0.503. The van der Waals surface area contributed by atoms with Gasteiger partial charge in [0.15, 0.2) is 5.69 Å². The van der Waals surface area contributed by atoms with Crippen molar-refractivity contribution in [3.05, 3.63) is 45.6 Å². The molecule has 0 fully saturated rings. The highest BCUT2D eigenvalue weighted by Crippen LogP contribution is 2.30. The van der Waals surface area contributed by atoms with Gasteiger partial charge in [0.1, 0.15) is 6.20 Å². The van der Waals surface area contributed by atoms with Crippen LogP contribution in [0, 0.1) is 24.0 Å². The first-order valence-electron chi connectivity index (χ1n) is 5.33. The van der Waals surface area contributed by atoms with Crippen LogP contribution in [0.2, 0.25) is 0 Å². The van der Waals surface area contributed by atoms with E-state index in [0.29, 0.717) is 5.56 Å². The molecule has 1 heterocycles. The lowest BCUT2D eigenvalue weighted by molar-refractivity contribution is -0.384. The van der Waals surface area contributed by atoms with Crippen LogP contribution in [0.3, 0.4) is 0 Å². The maximum atomic E-state index is 11.0. The van der Waals surface area contributed by atoms with Crippen LogP contribution < -0.4 is 5.73 Å². The maximum Gasteiger partial charge on any atom is 0.313 e. The fourth-order valence-electron chi connectivity index (χ4n) is 1.71. The van der Waals surface area contributed by atoms with Crippen molar-refractivity contribution in [2.75, 3.05) is 5.73 Å². The highest BCUT2D eigenvalue weighted by atomic mass is 16.6. The molecule has 0 aliphatic rings. The summed E-state index contributed by atoms with van der Waals surface area (Å²) in [4.78, 5) is 18.1. The zero-order valence-electron chi connectivity index (χ0n) is 10.0. The fraction of sp³-hybridized carbons (Fsp3) is 0.167. The summed E-state index contributed by atoms with van der Waals surface area (Å²) in [5, 5.41) is 11.0. The molecule has 0 radical (unpaired) electrons. The van der Waals surface area contributed by atoms with E-state index in [1.54, 1.807) is 0 Å². The van der Waals surface area contributed by atoms with Crippen molar-refractivity contribution in [2.45, 2.75) is 13.8 Å². The molecule has 2 rings (SSSR count). The van der Waals surface area contributed by atoms with Gasteiger partial charge in [0.2, 0.25) is 5.95 Å². The van der Waals surface area contributed by atoms with E-state index < -0.39 is 4.92 Å². The number of aryl methyl sites for hydroxylation is 2. The molecule has 18 heavy (non-hydrogen) atoms. The maximum absolute atomic E-state index is 11.0. The summed E-state index contributed by atoms with van der Waals surface area (Å²) in [6, 6.07) is 5.69. The highest BCUT2D eigenvalue weighted by molar-refractivity contribution is 5.73. The number of nitrogen functional groups attached to an aromatic ring is 1. The van der Waals surface area contributed by atoms with Gasteiger partial charge in [-0.25, -0.2) is 9.97 Å². The van der Waals surface area contributed by atoms with Gasteiger partial charge >= 0.3 is 5.69 Å². The number of hydrogen-bond donors (Lipinski definition) is 1. The second kappa shape index (κ2) is 4.40. The molecule has 2 N–H and O–H groups in total. The van der Waals surface area contributed by atoms with Crippen LogP contribution in [-0.4, -0.2) is 14.9 Å². The number of benzene rings is 1. The molecular weight excluding hydrogens is 232 g/mol. The lowest BCUT2D eigenvalue weighted by Crippen LogP contribution is -2.02. The Morgan fingerprint density at radius 3 is 2.72 bits per heavy atom. The molecule has 1 aromatic carbocycles. The van der Waals surface area contributed by atoms with Crippen LogP contribution in [0.5, 0.6) is 0 Å². The Morgan fingerprint density at radius 1 is 1.33 bits per heavy atom. The molecule has 0 saturated heterocycles. The van der Waals surface area contributed by atoms with Crippen molar-refractivity contribution >= 4 is 11.6 Å². The molecule has 6 heteroatoms. The third kappa shape index (κ3) is 2.13. The van der Waals surface area contributed by atoms with Gasteiger partial charge in [-0.1, -0.05) is 17.7 Å². The Balaban J connectivity index is 2.73. The SMILES string of the molecule is Cc1ccc(C)c(-c2nc(N)ncc2[N+](=O)[O-])c1. The molecule has 0 amide bonds. The van der Waals surface area contributed by atoms with Crippen LogP contribution in [0.25, 0.3) is 11.3 Å². The van der Waals surface area contributed by atoms with E-state index >= 15 is 0 Å². The van der Waals surface area contributed by atoms with Crippen LogP contribution in [0.4, 0.5) is 11.6 Å². The predicted octanol–water partition coefficient (Wildman–Crippen LogP) is 2.25. The number of aromatic nitrogens is 2. The molecule has 0 spiro atoms. The van der Waals surface area contributed by atoms with Crippen molar-refractivity contribution < 1.29 is 4.92 Å². The van der Waals surface area contributed by atoms with Crippen LogP contribution >= 0.6 is 0 Å². The van der Waals surface area contributed by atoms with Crippen molar-refractivity contribution in [1.29, 1.82) is 0 Å². The van der Waals surface area contributed by atoms with E-state index in [2.05, 4.69) is 9.97 Å². The Kier molecular flexibility index (Phi) is 2.93. The lowest BCUT2D eigenvalue weighted by atomic mass is 10.0. The fourth-order valence-corrected chi connectivity index (χ4v) is 1.71. The smallest absolute Gasteiger partial charge is 0.313 e. The summed E-state index contributed by atoms with van der Waals surface area (Å²) >= 11 is 0. The quantitative estimate of drug-likeness (QED) is 0.645. The standard InChI is InChI=1S/C12H12N4O2/c1-7-3-4-8(2)9(5-7)11-10(16(17)18)6-14-12(13)15-11/h3-6H,1-2H3,(H2,13,14,15). The number of hydrogen-bond acceptors (Lipinski definition) is 5. The predicted molar refractivity (Wildman–Crippen MR) is 68.0 cm³/mol. The molecule has 0 aliphatic heterocycles. The monoisotopic (exact) mass is 244 g/mol. The van der Waals surface area contributed by atoms with Gasteiger partial charge < -0.3 is 5.73 Å². The van der Waals surface area contributed by atoms with Crippen LogP contribution in [0.15, 0.2) is 24.4 Å². The van der Waals surface area contributed by atoms with Crippen molar-refractivity contribution in [3.63, 3.8) is 0 Å². The molecule has 92 valence electrons. The minimum absolute atomic E-state index is 0.0245. The molecule has 0 aliphatic carbocycles. The first-order valence-corrected chi connectivity index (χ1v) is 5.33. The molecular formula is C12H12N4O2. The molecule has 1 aromatic heterocycles. The number of nitrogens with two attached hydrogens (primary N) is 1. The first kappa shape index (κ1) is 12.0. The second-order valence-electron chi connectivity index (χ2n) is 4.04. The molecule has 0 saturated carbocycles. The van der Waals surface area contributed by atoms with E-state index in [4.69, 9.17) is 5.73 Å². The van der Waals surface area contributed by atoms with Crippen LogP contribution in [0.1, 0.15) is 11.1 Å². The van der Waals surface area contributed by atoms with E-state index in [-0.39, 0.29) is 17.3 Å². The van der Waals surface area contributed by atoms with E-state index in [9.17, 15) is 10.1 Å². The van der Waals surface area contributed by atoms with Crippen molar-refractivity contribution in [1.82, 2.24) is 9.97 Å². The molecule has 6 nitrogen and oxygen atoms in total. The topological polar surface area (TPSA) is 94.9 Å². The van der Waals surface area contributed by atoms with E-state index in [0.717, 1.165) is 17.3 Å². The zero-order valence-corrected chi connectivity index (χ0v) is 10.0. The number of anilines is 1. The van der Waals surface area contributed by atoms with Crippen molar-refractivity contribution in [3.8, 4) is 11.3 Å². The Bertz CT molecular complexity index is 625. The van der Waals surface area contributed by atoms with Gasteiger partial charge in [0.05, 0.1) is 4.92 Å². The van der Waals surface area contributed by atoms with Crippen LogP contribution in [-0.2, 0) is 0 Å². The van der Waals surface area contributed by atoms with E-state index in [1.807, 2.05) is 32.0 Å². The molecule has 2 aromatic rings. The van der Waals surface area contributed by atoms with Crippen molar-refractivity contribution in [2.24, 2.45) is 0 Å². The summed E-state index contributed by atoms with van der Waals surface area (Å²) in [5.41, 5.74) is 8.24. The summed E-state index contributed by atoms with van der Waals surface area (Å²) < 4.78 is 0. The zero-order chi connectivity index (χ0) is 13.3. The Hall–Kier alpha value is -2.50. The van der Waals surface area contributed by atoms with Gasteiger partial charge in [-0.05, 0) is 25.5 Å². The third-order valence-corrected chi connectivity index (χ3v) is 2.63. The Morgan fingerprint density at radius 2 is 2.06 bits per heavy atom.